The molecule has 5 heteroatoms. The van der Waals surface area contributed by atoms with Crippen LogP contribution in [0.1, 0.15) is 60.0 Å². The van der Waals surface area contributed by atoms with E-state index in [2.05, 4.69) is 31.0 Å². The molecule has 1 aromatic heterocycles. The van der Waals surface area contributed by atoms with Crippen molar-refractivity contribution in [1.29, 1.82) is 0 Å². The van der Waals surface area contributed by atoms with Gasteiger partial charge in [-0.15, -0.1) is 11.3 Å². The fourth-order valence-corrected chi connectivity index (χ4v) is 4.82. The number of amides is 1. The molecular formula is C25H28N2O2S. The highest BCUT2D eigenvalue weighted by atomic mass is 32.1. The number of aryl methyl sites for hydroxylation is 2. The third-order valence-corrected chi connectivity index (χ3v) is 6.73. The molecule has 0 saturated heterocycles. The lowest BCUT2D eigenvalue weighted by atomic mass is 9.78. The van der Waals surface area contributed by atoms with Gasteiger partial charge in [-0.05, 0) is 60.9 Å². The van der Waals surface area contributed by atoms with E-state index in [9.17, 15) is 9.90 Å². The van der Waals surface area contributed by atoms with E-state index in [1.54, 1.807) is 16.2 Å². The zero-order valence-electron chi connectivity index (χ0n) is 17.8. The molecular weight excluding hydrogens is 392 g/mol. The highest BCUT2D eigenvalue weighted by Crippen LogP contribution is 2.38. The number of fused-ring (bicyclic) bond motifs is 1. The first-order valence-corrected chi connectivity index (χ1v) is 11.4. The Hall–Kier alpha value is -2.50. The summed E-state index contributed by atoms with van der Waals surface area (Å²) in [5.74, 6) is 0.136. The number of nitrogens with zero attached hydrogens (tertiary/aromatic N) is 2. The third-order valence-electron chi connectivity index (χ3n) is 5.90. The Morgan fingerprint density at radius 1 is 1.20 bits per heavy atom. The van der Waals surface area contributed by atoms with Gasteiger partial charge in [-0.3, -0.25) is 4.79 Å². The molecule has 0 radical (unpaired) electrons. The first-order valence-electron chi connectivity index (χ1n) is 10.5. The molecule has 1 unspecified atom stereocenters. The molecule has 156 valence electrons. The smallest absolute Gasteiger partial charge is 0.263 e. The van der Waals surface area contributed by atoms with Gasteiger partial charge in [0.25, 0.3) is 5.91 Å². The van der Waals surface area contributed by atoms with Crippen molar-refractivity contribution in [2.75, 3.05) is 4.90 Å². The molecule has 4 rings (SSSR count). The first-order chi connectivity index (χ1) is 14.4. The minimum atomic E-state index is -1.52. The molecule has 0 spiro atoms. The molecule has 30 heavy (non-hydrogen) atoms. The SMILES string of the molecule is Cc1nc(CN(C(=O)C2(O)CCCc3ccccc32)c2ccc(C(C)C)cc2)cs1. The van der Waals surface area contributed by atoms with Crippen LogP contribution < -0.4 is 4.90 Å². The number of carbonyl (C=O) groups excluding carboxylic acids is 1. The van der Waals surface area contributed by atoms with Crippen molar-refractivity contribution >= 4 is 22.9 Å². The van der Waals surface area contributed by atoms with Crippen LogP contribution in [0.25, 0.3) is 0 Å². The summed E-state index contributed by atoms with van der Waals surface area (Å²) >= 11 is 1.57. The maximum Gasteiger partial charge on any atom is 0.263 e. The number of rotatable bonds is 5. The largest absolute Gasteiger partial charge is 0.375 e. The summed E-state index contributed by atoms with van der Waals surface area (Å²) in [7, 11) is 0. The fourth-order valence-electron chi connectivity index (χ4n) is 4.22. The highest BCUT2D eigenvalue weighted by molar-refractivity contribution is 7.09. The minimum Gasteiger partial charge on any atom is -0.375 e. The molecule has 0 aliphatic heterocycles. The number of anilines is 1. The molecule has 1 N–H and O–H groups in total. The molecule has 1 aliphatic rings. The monoisotopic (exact) mass is 420 g/mol. The van der Waals surface area contributed by atoms with Crippen LogP contribution in [0.5, 0.6) is 0 Å². The Kier molecular flexibility index (Phi) is 5.76. The predicted molar refractivity (Wildman–Crippen MR) is 122 cm³/mol. The van der Waals surface area contributed by atoms with Crippen LogP contribution in [0.4, 0.5) is 5.69 Å². The van der Waals surface area contributed by atoms with E-state index in [1.165, 1.54) is 5.56 Å². The van der Waals surface area contributed by atoms with Crippen LogP contribution in [-0.2, 0) is 23.4 Å². The summed E-state index contributed by atoms with van der Waals surface area (Å²) in [4.78, 5) is 20.1. The van der Waals surface area contributed by atoms with Gasteiger partial charge in [0.1, 0.15) is 0 Å². The lowest BCUT2D eigenvalue weighted by Crippen LogP contribution is -2.48. The van der Waals surface area contributed by atoms with Crippen LogP contribution in [0.3, 0.4) is 0 Å². The maximum atomic E-state index is 13.9. The lowest BCUT2D eigenvalue weighted by Gasteiger charge is -2.37. The first kappa shape index (κ1) is 20.8. The molecule has 1 atom stereocenters. The van der Waals surface area contributed by atoms with Crippen molar-refractivity contribution in [3.63, 3.8) is 0 Å². The molecule has 4 nitrogen and oxygen atoms in total. The van der Waals surface area contributed by atoms with Crippen LogP contribution in [-0.4, -0.2) is 16.0 Å². The number of aromatic nitrogens is 1. The fraction of sp³-hybridized carbons (Fsp3) is 0.360. The zero-order valence-corrected chi connectivity index (χ0v) is 18.6. The van der Waals surface area contributed by atoms with E-state index in [0.717, 1.165) is 40.4 Å². The van der Waals surface area contributed by atoms with Gasteiger partial charge in [-0.2, -0.15) is 0 Å². The molecule has 1 aliphatic carbocycles. The Morgan fingerprint density at radius 2 is 1.93 bits per heavy atom. The molecule has 0 saturated carbocycles. The van der Waals surface area contributed by atoms with Gasteiger partial charge >= 0.3 is 0 Å². The summed E-state index contributed by atoms with van der Waals surface area (Å²) < 4.78 is 0. The number of thiazole rings is 1. The van der Waals surface area contributed by atoms with Gasteiger partial charge in [-0.1, -0.05) is 50.2 Å². The number of hydrogen-bond acceptors (Lipinski definition) is 4. The standard InChI is InChI=1S/C25H28N2O2S/c1-17(2)19-10-12-22(13-11-19)27(15-21-16-30-18(3)26-21)24(28)25(29)14-6-8-20-7-4-5-9-23(20)25/h4-5,7,9-13,16-17,29H,6,8,14-15H2,1-3H3. The second kappa shape index (κ2) is 8.32. The van der Waals surface area contributed by atoms with Gasteiger partial charge < -0.3 is 10.0 Å². The number of benzene rings is 2. The maximum absolute atomic E-state index is 13.9. The van der Waals surface area contributed by atoms with Gasteiger partial charge in [0, 0.05) is 11.1 Å². The number of hydrogen-bond donors (Lipinski definition) is 1. The normalized spacial score (nSPS) is 18.3. The van der Waals surface area contributed by atoms with E-state index in [0.29, 0.717) is 18.9 Å². The summed E-state index contributed by atoms with van der Waals surface area (Å²) in [6.07, 6.45) is 2.11. The van der Waals surface area contributed by atoms with Crippen molar-refractivity contribution in [3.8, 4) is 0 Å². The number of aliphatic hydroxyl groups is 1. The molecule has 1 heterocycles. The molecule has 1 amide bonds. The molecule has 3 aromatic rings. The van der Waals surface area contributed by atoms with Crippen LogP contribution >= 0.6 is 11.3 Å². The van der Waals surface area contributed by atoms with E-state index in [-0.39, 0.29) is 5.91 Å². The van der Waals surface area contributed by atoms with E-state index < -0.39 is 5.60 Å². The third kappa shape index (κ3) is 3.92. The summed E-state index contributed by atoms with van der Waals surface area (Å²) in [5.41, 5.74) is 3.12. The summed E-state index contributed by atoms with van der Waals surface area (Å²) in [5, 5.41) is 14.6. The van der Waals surface area contributed by atoms with Crippen LogP contribution in [0.2, 0.25) is 0 Å². The van der Waals surface area contributed by atoms with Crippen molar-refractivity contribution in [1.82, 2.24) is 4.98 Å². The van der Waals surface area contributed by atoms with E-state index >= 15 is 0 Å². The summed E-state index contributed by atoms with van der Waals surface area (Å²) in [6.45, 7) is 6.60. The Balaban J connectivity index is 1.74. The van der Waals surface area contributed by atoms with E-state index in [4.69, 9.17) is 0 Å². The Labute approximate surface area is 182 Å². The molecule has 0 bridgehead atoms. The topological polar surface area (TPSA) is 53.4 Å². The average Bonchev–Trinajstić information content (AvgIpc) is 3.17. The van der Waals surface area contributed by atoms with Crippen molar-refractivity contribution in [3.05, 3.63) is 81.3 Å². The van der Waals surface area contributed by atoms with Crippen LogP contribution in [0, 0.1) is 6.92 Å². The Bertz CT molecular complexity index is 1040. The summed E-state index contributed by atoms with van der Waals surface area (Å²) in [6, 6.07) is 15.8. The van der Waals surface area contributed by atoms with Crippen molar-refractivity contribution in [2.24, 2.45) is 0 Å². The minimum absolute atomic E-state index is 0.280. The highest BCUT2D eigenvalue weighted by Gasteiger charge is 2.44. The van der Waals surface area contributed by atoms with Crippen molar-refractivity contribution in [2.45, 2.75) is 58.1 Å². The second-order valence-electron chi connectivity index (χ2n) is 8.37. The van der Waals surface area contributed by atoms with Gasteiger partial charge in [0.15, 0.2) is 5.60 Å². The number of carbonyl (C=O) groups is 1. The quantitative estimate of drug-likeness (QED) is 0.607. The second-order valence-corrected chi connectivity index (χ2v) is 9.43. The average molecular weight is 421 g/mol. The Morgan fingerprint density at radius 3 is 2.60 bits per heavy atom. The van der Waals surface area contributed by atoms with Gasteiger partial charge in [0.2, 0.25) is 0 Å². The van der Waals surface area contributed by atoms with Crippen LogP contribution in [0.15, 0.2) is 53.9 Å². The lowest BCUT2D eigenvalue weighted by molar-refractivity contribution is -0.139. The molecule has 0 fully saturated rings. The van der Waals surface area contributed by atoms with Gasteiger partial charge in [-0.25, -0.2) is 4.98 Å². The van der Waals surface area contributed by atoms with Crippen molar-refractivity contribution < 1.29 is 9.90 Å². The van der Waals surface area contributed by atoms with Gasteiger partial charge in [0.05, 0.1) is 17.2 Å². The zero-order chi connectivity index (χ0) is 21.3. The predicted octanol–water partition coefficient (Wildman–Crippen LogP) is 5.33. The van der Waals surface area contributed by atoms with E-state index in [1.807, 2.05) is 48.7 Å². The molecule has 2 aromatic carbocycles.